The average molecular weight is 459 g/mol. The molecule has 12 heteroatoms. The lowest BCUT2D eigenvalue weighted by Gasteiger charge is -2.41. The van der Waals surface area contributed by atoms with E-state index < -0.39 is 11.4 Å². The van der Waals surface area contributed by atoms with E-state index in [0.29, 0.717) is 35.2 Å². The van der Waals surface area contributed by atoms with Crippen molar-refractivity contribution in [3.05, 3.63) is 45.2 Å². The number of fused-ring (bicyclic) bond motifs is 1. The normalized spacial score (nSPS) is 13.9. The molecule has 0 bridgehead atoms. The molecule has 1 aliphatic heterocycles. The van der Waals surface area contributed by atoms with Crippen molar-refractivity contribution in [2.45, 2.75) is 19.4 Å². The number of anilines is 1. The molecule has 3 N–H and O–H groups in total. The average Bonchev–Trinajstić information content (AvgIpc) is 3.24. The molecule has 1 saturated heterocycles. The zero-order valence-corrected chi connectivity index (χ0v) is 18.3. The highest BCUT2D eigenvalue weighted by Gasteiger charge is 2.32. The number of aryl methyl sites for hydroxylation is 1. The Kier molecular flexibility index (Phi) is 5.91. The number of nitrogens with two attached hydrogens (primary N) is 1. The summed E-state index contributed by atoms with van der Waals surface area (Å²) in [6.07, 6.45) is 2.89. The van der Waals surface area contributed by atoms with E-state index in [2.05, 4.69) is 9.97 Å². The van der Waals surface area contributed by atoms with Crippen molar-refractivity contribution in [3.63, 3.8) is 0 Å². The van der Waals surface area contributed by atoms with Crippen molar-refractivity contribution < 1.29 is 19.5 Å². The van der Waals surface area contributed by atoms with E-state index in [9.17, 15) is 19.5 Å². The molecule has 3 aromatic heterocycles. The smallest absolute Gasteiger partial charge is 0.341 e. The van der Waals surface area contributed by atoms with Crippen LogP contribution >= 0.6 is 11.3 Å². The minimum Gasteiger partial charge on any atom is -0.477 e. The summed E-state index contributed by atoms with van der Waals surface area (Å²) in [4.78, 5) is 52.8. The van der Waals surface area contributed by atoms with Crippen LogP contribution in [0.15, 0.2) is 28.6 Å². The monoisotopic (exact) mass is 458 g/mol. The molecular weight excluding hydrogens is 436 g/mol. The quantitative estimate of drug-likeness (QED) is 0.491. The molecule has 11 nitrogen and oxygen atoms in total. The van der Waals surface area contributed by atoms with Gasteiger partial charge in [0.25, 0.3) is 0 Å². The number of hydrogen-bond donors (Lipinski definition) is 2. The maximum atomic E-state index is 12.8. The van der Waals surface area contributed by atoms with Crippen LogP contribution in [0, 0.1) is 6.92 Å². The van der Waals surface area contributed by atoms with Gasteiger partial charge in [0.2, 0.25) is 11.3 Å². The van der Waals surface area contributed by atoms with Crippen LogP contribution in [0.1, 0.15) is 22.3 Å². The minimum atomic E-state index is -1.30. The first-order valence-corrected chi connectivity index (χ1v) is 10.8. The Morgan fingerprint density at radius 1 is 1.41 bits per heavy atom. The summed E-state index contributed by atoms with van der Waals surface area (Å²) in [5, 5.41) is 13.2. The predicted molar refractivity (Wildman–Crippen MR) is 118 cm³/mol. The van der Waals surface area contributed by atoms with Gasteiger partial charge in [-0.15, -0.1) is 11.3 Å². The summed E-state index contributed by atoms with van der Waals surface area (Å²) in [5.74, 6) is -0.868. The number of hydrogen-bond acceptors (Lipinski definition) is 9. The molecule has 0 unspecified atom stereocenters. The highest BCUT2D eigenvalue weighted by molar-refractivity contribution is 7.12. The van der Waals surface area contributed by atoms with E-state index in [1.165, 1.54) is 27.2 Å². The first kappa shape index (κ1) is 21.9. The Hall–Kier alpha value is -3.35. The summed E-state index contributed by atoms with van der Waals surface area (Å²) in [7, 11) is 1.56. The van der Waals surface area contributed by atoms with Gasteiger partial charge in [-0.05, 0) is 18.6 Å². The number of amides is 1. The second-order valence-electron chi connectivity index (χ2n) is 7.42. The fraction of sp³-hybridized carbons (Fsp3) is 0.350. The molecule has 4 rings (SSSR count). The summed E-state index contributed by atoms with van der Waals surface area (Å²) >= 11 is 1.31. The summed E-state index contributed by atoms with van der Waals surface area (Å²) in [6.45, 7) is 3.02. The third-order valence-electron chi connectivity index (χ3n) is 5.19. The molecule has 0 atom stereocenters. The number of hydroxylamine groups is 2. The maximum Gasteiger partial charge on any atom is 0.341 e. The number of carboxylic acid groups (broad SMARTS) is 1. The van der Waals surface area contributed by atoms with Crippen molar-refractivity contribution >= 4 is 40.1 Å². The van der Waals surface area contributed by atoms with Gasteiger partial charge in [0.1, 0.15) is 17.5 Å². The lowest BCUT2D eigenvalue weighted by Crippen LogP contribution is -2.55. The van der Waals surface area contributed by atoms with Crippen molar-refractivity contribution in [3.8, 4) is 5.13 Å². The minimum absolute atomic E-state index is 0.185. The Morgan fingerprint density at radius 3 is 2.78 bits per heavy atom. The molecule has 1 fully saturated rings. The number of nitrogens with zero attached hydrogens (tertiary/aromatic N) is 5. The fourth-order valence-corrected chi connectivity index (χ4v) is 4.15. The largest absolute Gasteiger partial charge is 0.477 e. The summed E-state index contributed by atoms with van der Waals surface area (Å²) in [6, 6.07) is 1.75. The molecule has 1 aliphatic rings. The molecule has 0 aliphatic carbocycles. The summed E-state index contributed by atoms with van der Waals surface area (Å²) < 4.78 is 1.54. The van der Waals surface area contributed by atoms with E-state index in [-0.39, 0.29) is 35.9 Å². The lowest BCUT2D eigenvalue weighted by molar-refractivity contribution is -0.200. The van der Waals surface area contributed by atoms with Gasteiger partial charge in [0.05, 0.1) is 18.5 Å². The van der Waals surface area contributed by atoms with Crippen LogP contribution in [-0.2, 0) is 9.63 Å². The SMILES string of the molecule is Cc1cc(N2CC(ON(C)C(=O)CCN)C2)nc2c1c(=O)c(C(=O)O)cn2-c1nccs1. The van der Waals surface area contributed by atoms with Crippen LogP contribution in [0.3, 0.4) is 0 Å². The molecule has 32 heavy (non-hydrogen) atoms. The highest BCUT2D eigenvalue weighted by atomic mass is 32.1. The summed E-state index contributed by atoms with van der Waals surface area (Å²) in [5.41, 5.74) is 5.44. The van der Waals surface area contributed by atoms with Gasteiger partial charge in [0.15, 0.2) is 10.8 Å². The highest BCUT2D eigenvalue weighted by Crippen LogP contribution is 2.27. The van der Waals surface area contributed by atoms with Crippen LogP contribution in [-0.4, -0.2) is 69.4 Å². The van der Waals surface area contributed by atoms with Gasteiger partial charge in [-0.2, -0.15) is 0 Å². The molecule has 0 aromatic carbocycles. The van der Waals surface area contributed by atoms with Gasteiger partial charge in [-0.25, -0.2) is 19.8 Å². The van der Waals surface area contributed by atoms with Crippen LogP contribution < -0.4 is 16.1 Å². The number of thiazole rings is 1. The van der Waals surface area contributed by atoms with Crippen LogP contribution in [0.2, 0.25) is 0 Å². The number of pyridine rings is 2. The van der Waals surface area contributed by atoms with E-state index in [1.54, 1.807) is 31.6 Å². The van der Waals surface area contributed by atoms with Gasteiger partial charge in [-0.1, -0.05) is 0 Å². The second kappa shape index (κ2) is 8.65. The van der Waals surface area contributed by atoms with Crippen LogP contribution in [0.4, 0.5) is 5.82 Å². The van der Waals surface area contributed by atoms with E-state index in [0.717, 1.165) is 0 Å². The molecule has 3 aromatic rings. The zero-order chi connectivity index (χ0) is 23.0. The topological polar surface area (TPSA) is 144 Å². The number of aromatic nitrogens is 3. The van der Waals surface area contributed by atoms with E-state index in [4.69, 9.17) is 10.6 Å². The second-order valence-corrected chi connectivity index (χ2v) is 8.29. The standard InChI is InChI=1S/C20H22N6O5S/c1-11-7-14(25-8-12(9-25)31-24(2)15(27)3-4-21)23-18-16(11)17(28)13(19(29)30)10-26(18)20-22-5-6-32-20/h5-7,10,12H,3-4,8-9,21H2,1-2H3,(H,29,30). The Labute approximate surface area is 186 Å². The number of carboxylic acids is 1. The number of rotatable bonds is 7. The third kappa shape index (κ3) is 3.95. The number of carbonyl (C=O) groups excluding carboxylic acids is 1. The van der Waals surface area contributed by atoms with E-state index in [1.807, 2.05) is 4.90 Å². The van der Waals surface area contributed by atoms with Crippen LogP contribution in [0.5, 0.6) is 0 Å². The Bertz CT molecular complexity index is 1240. The third-order valence-corrected chi connectivity index (χ3v) is 5.96. The van der Waals surface area contributed by atoms with Crippen molar-refractivity contribution in [1.29, 1.82) is 0 Å². The predicted octanol–water partition coefficient (Wildman–Crippen LogP) is 0.776. The number of carbonyl (C=O) groups is 2. The number of aromatic carboxylic acids is 1. The maximum absolute atomic E-state index is 12.8. The van der Waals surface area contributed by atoms with Gasteiger partial charge < -0.3 is 15.7 Å². The Balaban J connectivity index is 1.67. The molecule has 0 saturated carbocycles. The van der Waals surface area contributed by atoms with Crippen LogP contribution in [0.25, 0.3) is 16.2 Å². The Morgan fingerprint density at radius 2 is 2.16 bits per heavy atom. The van der Waals surface area contributed by atoms with Crippen molar-refractivity contribution in [2.24, 2.45) is 5.73 Å². The van der Waals surface area contributed by atoms with Crippen molar-refractivity contribution in [1.82, 2.24) is 19.6 Å². The fourth-order valence-electron chi connectivity index (χ4n) is 3.53. The lowest BCUT2D eigenvalue weighted by atomic mass is 10.1. The molecule has 168 valence electrons. The first-order chi connectivity index (χ1) is 15.3. The van der Waals surface area contributed by atoms with Gasteiger partial charge in [0, 0.05) is 37.8 Å². The molecule has 4 heterocycles. The van der Waals surface area contributed by atoms with E-state index >= 15 is 0 Å². The first-order valence-electron chi connectivity index (χ1n) is 9.88. The molecule has 0 radical (unpaired) electrons. The van der Waals surface area contributed by atoms with Crippen molar-refractivity contribution in [2.75, 3.05) is 31.6 Å². The zero-order valence-electron chi connectivity index (χ0n) is 17.5. The van der Waals surface area contributed by atoms with Gasteiger partial charge in [-0.3, -0.25) is 19.0 Å². The molecular formula is C20H22N6O5S. The molecule has 1 amide bonds. The molecule has 0 spiro atoms. The van der Waals surface area contributed by atoms with Gasteiger partial charge >= 0.3 is 5.97 Å².